The van der Waals surface area contributed by atoms with Crippen LogP contribution in [0.4, 0.5) is 0 Å². The van der Waals surface area contributed by atoms with Crippen molar-refractivity contribution in [3.63, 3.8) is 0 Å². The van der Waals surface area contributed by atoms with E-state index in [0.717, 1.165) is 21.5 Å². The van der Waals surface area contributed by atoms with Gasteiger partial charge in [0.2, 0.25) is 11.1 Å². The monoisotopic (exact) mass is 386 g/mol. The van der Waals surface area contributed by atoms with Crippen molar-refractivity contribution < 1.29 is 8.83 Å². The Hall–Kier alpha value is -5.18. The van der Waals surface area contributed by atoms with Gasteiger partial charge in [-0.25, -0.2) is 9.97 Å². The summed E-state index contributed by atoms with van der Waals surface area (Å²) in [6, 6.07) is 18.2. The number of oxazole rings is 2. The highest BCUT2D eigenvalue weighted by atomic mass is 16.3. The Morgan fingerprint density at radius 2 is 1.30 bits per heavy atom. The highest BCUT2D eigenvalue weighted by Gasteiger charge is 2.12. The lowest BCUT2D eigenvalue weighted by Gasteiger charge is -2.02. The summed E-state index contributed by atoms with van der Waals surface area (Å²) in [5.41, 5.74) is 1.54. The molecule has 0 aliphatic carbocycles. The smallest absolute Gasteiger partial charge is 0.249 e. The second-order valence-corrected chi connectivity index (χ2v) is 6.39. The van der Waals surface area contributed by atoms with Crippen LogP contribution >= 0.6 is 0 Å². The van der Waals surface area contributed by atoms with E-state index in [0.29, 0.717) is 22.2 Å². The zero-order valence-electron chi connectivity index (χ0n) is 15.0. The van der Waals surface area contributed by atoms with Gasteiger partial charge in [-0.2, -0.15) is 21.0 Å². The van der Waals surface area contributed by atoms with Gasteiger partial charge >= 0.3 is 0 Å². The second kappa shape index (κ2) is 6.17. The molecule has 8 heteroatoms. The van der Waals surface area contributed by atoms with Gasteiger partial charge in [-0.15, -0.1) is 0 Å². The number of aromatic nitrogens is 2. The topological polar surface area (TPSA) is 147 Å². The van der Waals surface area contributed by atoms with Gasteiger partial charge in [0.15, 0.2) is 22.3 Å². The normalized spacial score (nSPS) is 10.5. The van der Waals surface area contributed by atoms with Crippen LogP contribution < -0.4 is 11.1 Å². The Balaban J connectivity index is 1.87. The maximum Gasteiger partial charge on any atom is 0.249 e. The Morgan fingerprint density at radius 1 is 0.667 bits per heavy atom. The predicted molar refractivity (Wildman–Crippen MR) is 105 cm³/mol. The molecule has 0 saturated heterocycles. The minimum Gasteiger partial charge on any atom is -0.435 e. The first-order valence-corrected chi connectivity index (χ1v) is 8.58. The van der Waals surface area contributed by atoms with Crippen molar-refractivity contribution in [3.05, 3.63) is 47.5 Å². The lowest BCUT2D eigenvalue weighted by Crippen LogP contribution is -2.03. The molecule has 0 aliphatic heterocycles. The fraction of sp³-hybridized carbons (Fsp3) is 0. The number of benzene rings is 3. The van der Waals surface area contributed by atoms with Crippen molar-refractivity contribution >= 4 is 54.9 Å². The minimum absolute atomic E-state index is 0.0194. The van der Waals surface area contributed by atoms with Gasteiger partial charge in [-0.05, 0) is 46.5 Å². The van der Waals surface area contributed by atoms with Crippen LogP contribution in [0.2, 0.25) is 0 Å². The zero-order valence-corrected chi connectivity index (χ0v) is 15.0. The summed E-state index contributed by atoms with van der Waals surface area (Å²) in [5.74, 6) is 0. The number of nitriles is 4. The molecule has 2 heterocycles. The van der Waals surface area contributed by atoms with Crippen LogP contribution in [0.1, 0.15) is 0 Å². The molecular weight excluding hydrogens is 380 g/mol. The third-order valence-corrected chi connectivity index (χ3v) is 4.71. The average Bonchev–Trinajstić information content (AvgIpc) is 3.36. The van der Waals surface area contributed by atoms with Gasteiger partial charge in [0, 0.05) is 5.39 Å². The van der Waals surface area contributed by atoms with Crippen LogP contribution in [0.25, 0.3) is 54.9 Å². The summed E-state index contributed by atoms with van der Waals surface area (Å²) in [7, 11) is 0. The lowest BCUT2D eigenvalue weighted by molar-refractivity contribution is 0.559. The zero-order chi connectivity index (χ0) is 20.8. The van der Waals surface area contributed by atoms with Gasteiger partial charge in [0.25, 0.3) is 0 Å². The Labute approximate surface area is 167 Å². The van der Waals surface area contributed by atoms with E-state index in [2.05, 4.69) is 9.97 Å². The first-order chi connectivity index (χ1) is 14.6. The van der Waals surface area contributed by atoms with Gasteiger partial charge in [0.05, 0.1) is 0 Å². The molecule has 0 unspecified atom stereocenters. The SMILES string of the molecule is N#CC(C#N)=c1nc2cc3cc4ccc5nc(=C(C#N)C#N)oc5c4cc3cc2o1. The Kier molecular flexibility index (Phi) is 3.49. The summed E-state index contributed by atoms with van der Waals surface area (Å²) in [5, 5.41) is 39.5. The Bertz CT molecular complexity index is 1810. The summed E-state index contributed by atoms with van der Waals surface area (Å²) >= 11 is 0. The van der Waals surface area contributed by atoms with Crippen molar-refractivity contribution in [1.29, 1.82) is 21.0 Å². The van der Waals surface area contributed by atoms with E-state index in [1.54, 1.807) is 36.4 Å². The lowest BCUT2D eigenvalue weighted by atomic mass is 10.0. The van der Waals surface area contributed by atoms with E-state index in [1.807, 2.05) is 24.3 Å². The van der Waals surface area contributed by atoms with Crippen molar-refractivity contribution in [2.45, 2.75) is 0 Å². The number of nitrogens with zero attached hydrogens (tertiary/aromatic N) is 6. The number of rotatable bonds is 0. The van der Waals surface area contributed by atoms with Crippen LogP contribution in [-0.4, -0.2) is 9.97 Å². The molecule has 5 aromatic rings. The molecule has 0 saturated carbocycles. The summed E-state index contributed by atoms with van der Waals surface area (Å²) in [6.07, 6.45) is 0. The van der Waals surface area contributed by atoms with Crippen LogP contribution in [0.3, 0.4) is 0 Å². The van der Waals surface area contributed by atoms with E-state index in [1.165, 1.54) is 0 Å². The second-order valence-electron chi connectivity index (χ2n) is 6.39. The minimum atomic E-state index is -0.196. The highest BCUT2D eigenvalue weighted by molar-refractivity contribution is 6.10. The van der Waals surface area contributed by atoms with Crippen LogP contribution in [0, 0.1) is 45.3 Å². The predicted octanol–water partition coefficient (Wildman–Crippen LogP) is 2.67. The molecular formula is C22H6N6O2. The molecule has 0 amide bonds. The molecule has 2 aromatic heterocycles. The largest absolute Gasteiger partial charge is 0.435 e. The van der Waals surface area contributed by atoms with E-state index in [9.17, 15) is 0 Å². The molecule has 0 fully saturated rings. The fourth-order valence-corrected chi connectivity index (χ4v) is 3.34. The first-order valence-electron chi connectivity index (χ1n) is 8.58. The molecule has 3 aromatic carbocycles. The van der Waals surface area contributed by atoms with Gasteiger partial charge in [-0.3, -0.25) is 0 Å². The quantitative estimate of drug-likeness (QED) is 0.369. The summed E-state index contributed by atoms with van der Waals surface area (Å²) in [6.45, 7) is 0. The maximum atomic E-state index is 9.07. The fourth-order valence-electron chi connectivity index (χ4n) is 3.34. The Morgan fingerprint density at radius 3 is 2.00 bits per heavy atom. The van der Waals surface area contributed by atoms with Crippen LogP contribution in [-0.2, 0) is 0 Å². The third-order valence-electron chi connectivity index (χ3n) is 4.71. The molecule has 30 heavy (non-hydrogen) atoms. The van der Waals surface area contributed by atoms with Crippen molar-refractivity contribution in [1.82, 2.24) is 9.97 Å². The van der Waals surface area contributed by atoms with Crippen LogP contribution in [0.5, 0.6) is 0 Å². The molecule has 8 nitrogen and oxygen atoms in total. The number of hydrogen-bond donors (Lipinski definition) is 0. The van der Waals surface area contributed by atoms with Crippen molar-refractivity contribution in [2.75, 3.05) is 0 Å². The third kappa shape index (κ3) is 2.36. The van der Waals surface area contributed by atoms with Crippen molar-refractivity contribution in [3.8, 4) is 24.3 Å². The van der Waals surface area contributed by atoms with E-state index < -0.39 is 0 Å². The van der Waals surface area contributed by atoms with Crippen LogP contribution in [0.15, 0.2) is 45.2 Å². The molecule has 0 N–H and O–H groups in total. The van der Waals surface area contributed by atoms with Gasteiger partial charge < -0.3 is 8.83 Å². The number of fused-ring (bicyclic) bond motifs is 5. The summed E-state index contributed by atoms with van der Waals surface area (Å²) < 4.78 is 11.3. The van der Waals surface area contributed by atoms with E-state index in [-0.39, 0.29) is 22.2 Å². The molecule has 0 aliphatic rings. The molecule has 5 rings (SSSR count). The average molecular weight is 386 g/mol. The van der Waals surface area contributed by atoms with E-state index >= 15 is 0 Å². The standard InChI is InChI=1S/C22H6N6O2/c23-7-14(8-24)21-28-18-5-12-3-11-1-2-17-20(30-22(27-17)15(9-25)10-26)16(11)4-13(12)6-19(18)29-21/h1-6H. The molecule has 0 atom stereocenters. The maximum absolute atomic E-state index is 9.07. The van der Waals surface area contributed by atoms with Crippen molar-refractivity contribution in [2.24, 2.45) is 0 Å². The summed E-state index contributed by atoms with van der Waals surface area (Å²) in [4.78, 5) is 8.47. The number of hydrogen-bond acceptors (Lipinski definition) is 8. The molecule has 0 bridgehead atoms. The molecule has 136 valence electrons. The first kappa shape index (κ1) is 17.0. The van der Waals surface area contributed by atoms with Gasteiger partial charge in [-0.1, -0.05) is 6.07 Å². The van der Waals surface area contributed by atoms with Gasteiger partial charge in [0.1, 0.15) is 35.3 Å². The molecule has 0 radical (unpaired) electrons. The molecule has 0 spiro atoms. The van der Waals surface area contributed by atoms with E-state index in [4.69, 9.17) is 29.9 Å². The highest BCUT2D eigenvalue weighted by Crippen LogP contribution is 2.30.